The van der Waals surface area contributed by atoms with E-state index in [1.807, 2.05) is 20.8 Å². The van der Waals surface area contributed by atoms with Gasteiger partial charge in [0.2, 0.25) is 5.91 Å². The number of benzene rings is 1. The zero-order chi connectivity index (χ0) is 15.1. The van der Waals surface area contributed by atoms with Crippen molar-refractivity contribution in [1.29, 1.82) is 0 Å². The molecule has 0 aliphatic heterocycles. The van der Waals surface area contributed by atoms with Crippen LogP contribution in [0.5, 0.6) is 0 Å². The Balaban J connectivity index is 2.88. The van der Waals surface area contributed by atoms with Gasteiger partial charge in [-0.3, -0.25) is 9.59 Å². The van der Waals surface area contributed by atoms with Crippen molar-refractivity contribution in [3.63, 3.8) is 0 Å². The number of nitrogens with one attached hydrogen (secondary N) is 2. The minimum atomic E-state index is -0.569. The average molecular weight is 277 g/mol. The van der Waals surface area contributed by atoms with Crippen molar-refractivity contribution in [2.45, 2.75) is 45.7 Å². The van der Waals surface area contributed by atoms with Crippen LogP contribution in [-0.4, -0.2) is 23.9 Å². The molecule has 1 aromatic rings. The molecule has 0 aliphatic rings. The van der Waals surface area contributed by atoms with E-state index in [0.717, 1.165) is 6.42 Å². The molecule has 4 N–H and O–H groups in total. The average Bonchev–Trinajstić information content (AvgIpc) is 2.46. The van der Waals surface area contributed by atoms with Crippen molar-refractivity contribution in [2.75, 3.05) is 5.32 Å². The molecule has 0 bridgehead atoms. The van der Waals surface area contributed by atoms with E-state index in [1.165, 1.54) is 0 Å². The summed E-state index contributed by atoms with van der Waals surface area (Å²) in [4.78, 5) is 24.0. The minimum absolute atomic E-state index is 0.0872. The third kappa shape index (κ3) is 4.35. The summed E-state index contributed by atoms with van der Waals surface area (Å²) in [6.45, 7) is 5.77. The maximum absolute atomic E-state index is 12.2. The zero-order valence-electron chi connectivity index (χ0n) is 12.3. The second kappa shape index (κ2) is 7.65. The number of para-hydroxylation sites is 1. The third-order valence-electron chi connectivity index (χ3n) is 3.20. The first-order valence-corrected chi connectivity index (χ1v) is 6.95. The number of anilines is 1. The van der Waals surface area contributed by atoms with E-state index in [4.69, 9.17) is 5.73 Å². The molecule has 1 unspecified atom stereocenters. The lowest BCUT2D eigenvalue weighted by molar-refractivity contribution is -0.117. The summed E-state index contributed by atoms with van der Waals surface area (Å²) < 4.78 is 0. The van der Waals surface area contributed by atoms with Crippen LogP contribution in [-0.2, 0) is 4.79 Å². The summed E-state index contributed by atoms with van der Waals surface area (Å²) in [6.07, 6.45) is 1.40. The van der Waals surface area contributed by atoms with Crippen molar-refractivity contribution in [1.82, 2.24) is 5.32 Å². The van der Waals surface area contributed by atoms with Gasteiger partial charge >= 0.3 is 0 Å². The standard InChI is InChI=1S/C15H23N3O2/c1-4-10(3)17-14(19)11-8-6-7-9-13(11)18-15(20)12(16)5-2/h6-10,12H,4-5,16H2,1-3H3,(H,17,19)(H,18,20)/t10?,12-/m1/s1. The predicted molar refractivity (Wildman–Crippen MR) is 80.6 cm³/mol. The molecule has 0 saturated heterocycles. The number of carbonyl (C=O) groups is 2. The van der Waals surface area contributed by atoms with Crippen LogP contribution in [0.1, 0.15) is 44.0 Å². The topological polar surface area (TPSA) is 84.2 Å². The van der Waals surface area contributed by atoms with Crippen molar-refractivity contribution >= 4 is 17.5 Å². The number of carbonyl (C=O) groups excluding carboxylic acids is 2. The van der Waals surface area contributed by atoms with Gasteiger partial charge in [-0.1, -0.05) is 26.0 Å². The maximum atomic E-state index is 12.2. The van der Waals surface area contributed by atoms with Gasteiger partial charge in [0.15, 0.2) is 0 Å². The fourth-order valence-corrected chi connectivity index (χ4v) is 1.60. The van der Waals surface area contributed by atoms with Gasteiger partial charge in [0, 0.05) is 6.04 Å². The first-order chi connectivity index (χ1) is 9.49. The van der Waals surface area contributed by atoms with Crippen molar-refractivity contribution in [3.8, 4) is 0 Å². The fraction of sp³-hybridized carbons (Fsp3) is 0.467. The monoisotopic (exact) mass is 277 g/mol. The van der Waals surface area contributed by atoms with Crippen molar-refractivity contribution < 1.29 is 9.59 Å². The second-order valence-electron chi connectivity index (χ2n) is 4.83. The summed E-state index contributed by atoms with van der Waals surface area (Å²) in [5.74, 6) is -0.475. The van der Waals surface area contributed by atoms with Gasteiger partial charge in [-0.25, -0.2) is 0 Å². The summed E-state index contributed by atoms with van der Waals surface area (Å²) in [5.41, 5.74) is 6.62. The van der Waals surface area contributed by atoms with Crippen LogP contribution in [0.2, 0.25) is 0 Å². The van der Waals surface area contributed by atoms with Crippen LogP contribution in [0.15, 0.2) is 24.3 Å². The second-order valence-corrected chi connectivity index (χ2v) is 4.83. The van der Waals surface area contributed by atoms with Gasteiger partial charge in [-0.2, -0.15) is 0 Å². The van der Waals surface area contributed by atoms with Gasteiger partial charge in [0.1, 0.15) is 0 Å². The Morgan fingerprint density at radius 1 is 1.20 bits per heavy atom. The largest absolute Gasteiger partial charge is 0.350 e. The fourth-order valence-electron chi connectivity index (χ4n) is 1.60. The quantitative estimate of drug-likeness (QED) is 0.742. The molecule has 0 aromatic heterocycles. The van der Waals surface area contributed by atoms with E-state index >= 15 is 0 Å². The first-order valence-electron chi connectivity index (χ1n) is 6.95. The Labute approximate surface area is 119 Å². The molecule has 2 amide bonds. The van der Waals surface area contributed by atoms with E-state index in [0.29, 0.717) is 17.7 Å². The maximum Gasteiger partial charge on any atom is 0.253 e. The first kappa shape index (κ1) is 16.2. The molecule has 1 rings (SSSR count). The Morgan fingerprint density at radius 2 is 1.85 bits per heavy atom. The highest BCUT2D eigenvalue weighted by atomic mass is 16.2. The number of rotatable bonds is 6. The highest BCUT2D eigenvalue weighted by molar-refractivity contribution is 6.04. The molecule has 0 spiro atoms. The lowest BCUT2D eigenvalue weighted by Gasteiger charge is -2.16. The highest BCUT2D eigenvalue weighted by Gasteiger charge is 2.16. The Kier molecular flexibility index (Phi) is 6.18. The lowest BCUT2D eigenvalue weighted by Crippen LogP contribution is -2.36. The molecular weight excluding hydrogens is 254 g/mol. The number of hydrogen-bond acceptors (Lipinski definition) is 3. The molecule has 1 aromatic carbocycles. The molecule has 5 nitrogen and oxygen atoms in total. The Hall–Kier alpha value is -1.88. The van der Waals surface area contributed by atoms with Gasteiger partial charge in [-0.15, -0.1) is 0 Å². The summed E-state index contributed by atoms with van der Waals surface area (Å²) >= 11 is 0. The summed E-state index contributed by atoms with van der Waals surface area (Å²) in [7, 11) is 0. The van der Waals surface area contributed by atoms with Crippen LogP contribution in [0.25, 0.3) is 0 Å². The Bertz CT molecular complexity index is 474. The van der Waals surface area contributed by atoms with E-state index in [-0.39, 0.29) is 17.9 Å². The number of nitrogens with two attached hydrogens (primary N) is 1. The van der Waals surface area contributed by atoms with Gasteiger partial charge in [0.05, 0.1) is 17.3 Å². The number of hydrogen-bond donors (Lipinski definition) is 3. The normalized spacial score (nSPS) is 13.4. The SMILES string of the molecule is CCC(C)NC(=O)c1ccccc1NC(=O)[C@H](N)CC. The van der Waals surface area contributed by atoms with Crippen molar-refractivity contribution in [2.24, 2.45) is 5.73 Å². The molecule has 0 fully saturated rings. The zero-order valence-corrected chi connectivity index (χ0v) is 12.3. The van der Waals surface area contributed by atoms with Crippen LogP contribution in [0, 0.1) is 0 Å². The lowest BCUT2D eigenvalue weighted by atomic mass is 10.1. The molecule has 0 aliphatic carbocycles. The smallest absolute Gasteiger partial charge is 0.253 e. The predicted octanol–water partition coefficient (Wildman–Crippen LogP) is 1.89. The van der Waals surface area contributed by atoms with Gasteiger partial charge < -0.3 is 16.4 Å². The minimum Gasteiger partial charge on any atom is -0.350 e. The summed E-state index contributed by atoms with van der Waals surface area (Å²) in [5, 5.41) is 5.59. The van der Waals surface area contributed by atoms with Crippen molar-refractivity contribution in [3.05, 3.63) is 29.8 Å². The molecule has 0 radical (unpaired) electrons. The van der Waals surface area contributed by atoms with Crippen LogP contribution in [0.3, 0.4) is 0 Å². The van der Waals surface area contributed by atoms with Crippen LogP contribution < -0.4 is 16.4 Å². The molecular formula is C15H23N3O2. The number of amides is 2. The highest BCUT2D eigenvalue weighted by Crippen LogP contribution is 2.15. The molecule has 110 valence electrons. The van der Waals surface area contributed by atoms with Gasteiger partial charge in [-0.05, 0) is 31.9 Å². The molecule has 0 saturated carbocycles. The van der Waals surface area contributed by atoms with Gasteiger partial charge in [0.25, 0.3) is 5.91 Å². The van der Waals surface area contributed by atoms with E-state index < -0.39 is 6.04 Å². The molecule has 5 heteroatoms. The third-order valence-corrected chi connectivity index (χ3v) is 3.20. The molecule has 0 heterocycles. The van der Waals surface area contributed by atoms with Crippen LogP contribution >= 0.6 is 0 Å². The van der Waals surface area contributed by atoms with E-state index in [1.54, 1.807) is 24.3 Å². The Morgan fingerprint density at radius 3 is 2.45 bits per heavy atom. The van der Waals surface area contributed by atoms with Crippen LogP contribution in [0.4, 0.5) is 5.69 Å². The molecule has 20 heavy (non-hydrogen) atoms. The van der Waals surface area contributed by atoms with E-state index in [2.05, 4.69) is 10.6 Å². The molecule has 2 atom stereocenters. The summed E-state index contributed by atoms with van der Waals surface area (Å²) in [6, 6.07) is 6.44. The van der Waals surface area contributed by atoms with E-state index in [9.17, 15) is 9.59 Å².